The molecule has 3 aromatic rings. The van der Waals surface area contributed by atoms with Gasteiger partial charge in [-0.3, -0.25) is 9.59 Å². The molecular formula is C28H31N5O3. The number of hydrogen-bond donors (Lipinski definition) is 1. The minimum atomic E-state index is -0.682. The number of nitrogens with one attached hydrogen (secondary N) is 1. The van der Waals surface area contributed by atoms with Crippen LogP contribution < -0.4 is 10.1 Å². The molecular weight excluding hydrogens is 454 g/mol. The van der Waals surface area contributed by atoms with Crippen LogP contribution >= 0.6 is 0 Å². The first-order valence-electron chi connectivity index (χ1n) is 12.0. The predicted octanol–water partition coefficient (Wildman–Crippen LogP) is 4.47. The molecule has 2 aromatic carbocycles. The van der Waals surface area contributed by atoms with E-state index in [4.69, 9.17) is 4.74 Å². The molecule has 8 heteroatoms. The number of ether oxygens (including phenoxy) is 1. The number of anilines is 1. The molecule has 2 amide bonds. The van der Waals surface area contributed by atoms with Crippen LogP contribution in [0, 0.1) is 18.3 Å². The molecule has 1 saturated heterocycles. The Morgan fingerprint density at radius 2 is 1.92 bits per heavy atom. The number of benzene rings is 2. The van der Waals surface area contributed by atoms with E-state index < -0.39 is 5.41 Å². The summed E-state index contributed by atoms with van der Waals surface area (Å²) >= 11 is 0. The number of carbonyl (C=O) groups excluding carboxylic acids is 2. The Morgan fingerprint density at radius 3 is 2.58 bits per heavy atom. The van der Waals surface area contributed by atoms with Gasteiger partial charge in [0.1, 0.15) is 17.5 Å². The van der Waals surface area contributed by atoms with Gasteiger partial charge in [-0.25, -0.2) is 4.98 Å². The fraction of sp³-hybridized carbons (Fsp3) is 0.357. The van der Waals surface area contributed by atoms with Gasteiger partial charge in [0.05, 0.1) is 17.8 Å². The summed E-state index contributed by atoms with van der Waals surface area (Å²) in [6.45, 7) is 6.82. The molecule has 0 radical (unpaired) electrons. The van der Waals surface area contributed by atoms with Crippen molar-refractivity contribution in [2.24, 2.45) is 7.05 Å². The first-order chi connectivity index (χ1) is 17.2. The zero-order valence-electron chi connectivity index (χ0n) is 21.1. The molecule has 186 valence electrons. The summed E-state index contributed by atoms with van der Waals surface area (Å²) in [4.78, 5) is 31.5. The lowest BCUT2D eigenvalue weighted by Crippen LogP contribution is -2.42. The van der Waals surface area contributed by atoms with Crippen molar-refractivity contribution in [1.82, 2.24) is 14.5 Å². The Kier molecular flexibility index (Phi) is 7.11. The molecule has 36 heavy (non-hydrogen) atoms. The third-order valence-corrected chi connectivity index (χ3v) is 6.52. The quantitative estimate of drug-likeness (QED) is 0.555. The molecule has 1 N–H and O–H groups in total. The van der Waals surface area contributed by atoms with Gasteiger partial charge in [-0.2, -0.15) is 5.26 Å². The molecule has 0 atom stereocenters. The molecule has 4 rings (SSSR count). The minimum Gasteiger partial charge on any atom is -0.490 e. The fourth-order valence-electron chi connectivity index (χ4n) is 4.16. The van der Waals surface area contributed by atoms with Gasteiger partial charge in [0, 0.05) is 56.5 Å². The summed E-state index contributed by atoms with van der Waals surface area (Å²) in [6, 6.07) is 15.0. The van der Waals surface area contributed by atoms with Crippen molar-refractivity contribution in [2.75, 3.05) is 18.4 Å². The Labute approximate surface area is 211 Å². The van der Waals surface area contributed by atoms with Gasteiger partial charge in [0.15, 0.2) is 0 Å². The van der Waals surface area contributed by atoms with E-state index in [-0.39, 0.29) is 17.9 Å². The zero-order valence-corrected chi connectivity index (χ0v) is 21.1. The molecule has 0 saturated carbocycles. The number of amides is 2. The lowest BCUT2D eigenvalue weighted by Gasteiger charge is -2.32. The molecule has 1 fully saturated rings. The van der Waals surface area contributed by atoms with Gasteiger partial charge in [0.25, 0.3) is 11.8 Å². The van der Waals surface area contributed by atoms with E-state index in [1.165, 1.54) is 0 Å². The van der Waals surface area contributed by atoms with Crippen LogP contribution in [-0.4, -0.2) is 45.5 Å². The van der Waals surface area contributed by atoms with Crippen molar-refractivity contribution >= 4 is 17.5 Å². The number of likely N-dealkylation sites (tertiary alicyclic amines) is 1. The molecule has 1 aliphatic rings. The van der Waals surface area contributed by atoms with E-state index in [0.29, 0.717) is 35.8 Å². The molecule has 2 heterocycles. The van der Waals surface area contributed by atoms with Crippen LogP contribution in [0.3, 0.4) is 0 Å². The van der Waals surface area contributed by atoms with Crippen LogP contribution in [0.15, 0.2) is 55.0 Å². The van der Waals surface area contributed by atoms with Crippen LogP contribution in [0.25, 0.3) is 0 Å². The van der Waals surface area contributed by atoms with Crippen LogP contribution in [-0.2, 0) is 12.5 Å². The normalized spacial score (nSPS) is 14.2. The predicted molar refractivity (Wildman–Crippen MR) is 137 cm³/mol. The summed E-state index contributed by atoms with van der Waals surface area (Å²) in [5.41, 5.74) is 2.66. The summed E-state index contributed by atoms with van der Waals surface area (Å²) in [5, 5.41) is 12.3. The highest BCUT2D eigenvalue weighted by Crippen LogP contribution is 2.28. The zero-order chi connectivity index (χ0) is 25.9. The van der Waals surface area contributed by atoms with Crippen molar-refractivity contribution in [3.05, 3.63) is 77.4 Å². The van der Waals surface area contributed by atoms with E-state index in [1.54, 1.807) is 35.3 Å². The van der Waals surface area contributed by atoms with Crippen molar-refractivity contribution in [3.63, 3.8) is 0 Å². The first kappa shape index (κ1) is 25.0. The van der Waals surface area contributed by atoms with Crippen molar-refractivity contribution < 1.29 is 14.3 Å². The summed E-state index contributed by atoms with van der Waals surface area (Å²) in [5.74, 6) is 0.403. The SMILES string of the molecule is Cc1ccc(NC(=O)c2cccc(C(C)(C)C#N)c2)cc1OC1CCN(C(=O)c2cn(C)cn2)CC1. The molecule has 0 aliphatic carbocycles. The third-order valence-electron chi connectivity index (χ3n) is 6.52. The average molecular weight is 486 g/mol. The number of imidazole rings is 1. The lowest BCUT2D eigenvalue weighted by molar-refractivity contribution is 0.0589. The Morgan fingerprint density at radius 1 is 1.17 bits per heavy atom. The minimum absolute atomic E-state index is 0.0210. The Hall–Kier alpha value is -4.12. The van der Waals surface area contributed by atoms with Gasteiger partial charge in [-0.15, -0.1) is 0 Å². The van der Waals surface area contributed by atoms with E-state index >= 15 is 0 Å². The number of aromatic nitrogens is 2. The largest absolute Gasteiger partial charge is 0.490 e. The lowest BCUT2D eigenvalue weighted by atomic mass is 9.85. The number of carbonyl (C=O) groups is 2. The number of nitrogens with zero attached hydrogens (tertiary/aromatic N) is 4. The Bertz CT molecular complexity index is 1310. The number of aryl methyl sites for hydroxylation is 2. The maximum absolute atomic E-state index is 12.9. The second-order valence-corrected chi connectivity index (χ2v) is 9.79. The standard InChI is InChI=1S/C28H31N5O3/c1-19-8-9-22(31-26(34)20-6-5-7-21(14-20)28(2,3)17-29)15-25(19)36-23-10-12-33(13-11-23)27(35)24-16-32(4)18-30-24/h5-9,14-16,18,23H,10-13H2,1-4H3,(H,31,34). The highest BCUT2D eigenvalue weighted by molar-refractivity contribution is 6.04. The van der Waals surface area contributed by atoms with Gasteiger partial charge in [-0.05, 0) is 50.1 Å². The second kappa shape index (κ2) is 10.2. The Balaban J connectivity index is 1.38. The topological polar surface area (TPSA) is 100 Å². The van der Waals surface area contributed by atoms with E-state index in [2.05, 4.69) is 16.4 Å². The van der Waals surface area contributed by atoms with E-state index in [9.17, 15) is 14.9 Å². The van der Waals surface area contributed by atoms with Crippen LogP contribution in [0.5, 0.6) is 5.75 Å². The third kappa shape index (κ3) is 5.57. The highest BCUT2D eigenvalue weighted by Gasteiger charge is 2.26. The van der Waals surface area contributed by atoms with E-state index in [0.717, 1.165) is 24.0 Å². The van der Waals surface area contributed by atoms with Crippen LogP contribution in [0.1, 0.15) is 58.7 Å². The molecule has 1 aliphatic heterocycles. The number of nitriles is 1. The first-order valence-corrected chi connectivity index (χ1v) is 12.0. The van der Waals surface area contributed by atoms with Crippen LogP contribution in [0.2, 0.25) is 0 Å². The summed E-state index contributed by atoms with van der Waals surface area (Å²) in [6.07, 6.45) is 4.77. The van der Waals surface area contributed by atoms with Gasteiger partial charge >= 0.3 is 0 Å². The number of hydrogen-bond acceptors (Lipinski definition) is 5. The summed E-state index contributed by atoms with van der Waals surface area (Å²) in [7, 11) is 1.84. The summed E-state index contributed by atoms with van der Waals surface area (Å²) < 4.78 is 8.05. The van der Waals surface area contributed by atoms with Gasteiger partial charge < -0.3 is 19.5 Å². The van der Waals surface area contributed by atoms with Gasteiger partial charge in [0.2, 0.25) is 0 Å². The monoisotopic (exact) mass is 485 g/mol. The maximum atomic E-state index is 12.9. The molecule has 8 nitrogen and oxygen atoms in total. The van der Waals surface area contributed by atoms with Crippen LogP contribution in [0.4, 0.5) is 5.69 Å². The van der Waals surface area contributed by atoms with Crippen molar-refractivity contribution in [3.8, 4) is 11.8 Å². The van der Waals surface area contributed by atoms with Crippen molar-refractivity contribution in [2.45, 2.75) is 45.1 Å². The average Bonchev–Trinajstić information content (AvgIpc) is 3.32. The second-order valence-electron chi connectivity index (χ2n) is 9.79. The molecule has 0 spiro atoms. The fourth-order valence-corrected chi connectivity index (χ4v) is 4.16. The van der Waals surface area contributed by atoms with Crippen molar-refractivity contribution in [1.29, 1.82) is 5.26 Å². The molecule has 0 bridgehead atoms. The molecule has 0 unspecified atom stereocenters. The van der Waals surface area contributed by atoms with E-state index in [1.807, 2.05) is 57.0 Å². The number of piperidine rings is 1. The van der Waals surface area contributed by atoms with Gasteiger partial charge in [-0.1, -0.05) is 18.2 Å². The maximum Gasteiger partial charge on any atom is 0.274 e. The highest BCUT2D eigenvalue weighted by atomic mass is 16.5. The molecule has 1 aromatic heterocycles. The smallest absolute Gasteiger partial charge is 0.274 e. The number of rotatable bonds is 6.